The smallest absolute Gasteiger partial charge is 0.338 e. The number of nitrogens with zero attached hydrogens (tertiary/aromatic N) is 1. The third-order valence-electron chi connectivity index (χ3n) is 3.89. The quantitative estimate of drug-likeness (QED) is 0.242. The topological polar surface area (TPSA) is 81.5 Å². The molecule has 28 heavy (non-hydrogen) atoms. The highest BCUT2D eigenvalue weighted by Crippen LogP contribution is 2.33. The van der Waals surface area contributed by atoms with Gasteiger partial charge in [0.2, 0.25) is 0 Å². The Morgan fingerprint density at radius 1 is 0.929 bits per heavy atom. The summed E-state index contributed by atoms with van der Waals surface area (Å²) in [4.78, 5) is 23.1. The lowest BCUT2D eigenvalue weighted by molar-refractivity contribution is -0.384. The van der Waals surface area contributed by atoms with E-state index < -0.39 is 16.9 Å². The lowest BCUT2D eigenvalue weighted by Gasteiger charge is -2.20. The van der Waals surface area contributed by atoms with E-state index in [1.54, 1.807) is 42.5 Å². The Labute approximate surface area is 170 Å². The van der Waals surface area contributed by atoms with Gasteiger partial charge in [-0.1, -0.05) is 59.6 Å². The van der Waals surface area contributed by atoms with Crippen LogP contribution in [0.4, 0.5) is 11.4 Å². The van der Waals surface area contributed by atoms with Crippen LogP contribution in [0.1, 0.15) is 11.6 Å². The number of nitro benzene ring substituents is 1. The van der Waals surface area contributed by atoms with Gasteiger partial charge in [0.15, 0.2) is 6.04 Å². The van der Waals surface area contributed by atoms with E-state index in [-0.39, 0.29) is 11.4 Å². The maximum Gasteiger partial charge on any atom is 0.338 e. The van der Waals surface area contributed by atoms with Gasteiger partial charge in [-0.15, -0.1) is 0 Å². The summed E-state index contributed by atoms with van der Waals surface area (Å²) in [5.74, 6) is -0.431. The molecule has 1 N–H and O–H groups in total. The molecule has 3 aromatic carbocycles. The van der Waals surface area contributed by atoms with E-state index in [0.717, 1.165) is 0 Å². The molecule has 3 aromatic rings. The molecule has 0 spiro atoms. The molecule has 0 amide bonds. The van der Waals surface area contributed by atoms with Gasteiger partial charge in [-0.3, -0.25) is 10.1 Å². The maximum atomic E-state index is 12.9. The Hall–Kier alpha value is -3.09. The third-order valence-corrected chi connectivity index (χ3v) is 4.52. The van der Waals surface area contributed by atoms with Crippen molar-refractivity contribution in [3.8, 4) is 5.75 Å². The zero-order valence-corrected chi connectivity index (χ0v) is 15.9. The van der Waals surface area contributed by atoms with Crippen LogP contribution in [-0.2, 0) is 4.79 Å². The molecule has 3 rings (SSSR count). The number of anilines is 1. The van der Waals surface area contributed by atoms with E-state index in [4.69, 9.17) is 27.9 Å². The zero-order chi connectivity index (χ0) is 20.1. The summed E-state index contributed by atoms with van der Waals surface area (Å²) in [6, 6.07) is 18.3. The van der Waals surface area contributed by atoms with E-state index in [0.29, 0.717) is 21.3 Å². The lowest BCUT2D eigenvalue weighted by atomic mass is 10.1. The molecule has 1 unspecified atom stereocenters. The average Bonchev–Trinajstić information content (AvgIpc) is 2.69. The molecule has 0 saturated carbocycles. The Morgan fingerprint density at radius 2 is 1.54 bits per heavy atom. The first-order valence-corrected chi connectivity index (χ1v) is 8.93. The highest BCUT2D eigenvalue weighted by Gasteiger charge is 2.24. The van der Waals surface area contributed by atoms with Crippen LogP contribution in [0.15, 0.2) is 72.8 Å². The minimum atomic E-state index is -0.895. The number of hydrogen-bond acceptors (Lipinski definition) is 5. The summed E-state index contributed by atoms with van der Waals surface area (Å²) in [5.41, 5.74) is 0.950. The molecule has 0 radical (unpaired) electrons. The summed E-state index contributed by atoms with van der Waals surface area (Å²) in [6.45, 7) is 0. The fourth-order valence-corrected chi connectivity index (χ4v) is 3.02. The Kier molecular flexibility index (Phi) is 6.13. The molecule has 0 heterocycles. The van der Waals surface area contributed by atoms with Crippen LogP contribution in [-0.4, -0.2) is 10.9 Å². The van der Waals surface area contributed by atoms with Gasteiger partial charge in [0.25, 0.3) is 5.69 Å². The predicted molar refractivity (Wildman–Crippen MR) is 108 cm³/mol. The number of para-hydroxylation sites is 1. The Morgan fingerprint density at radius 3 is 2.11 bits per heavy atom. The van der Waals surface area contributed by atoms with Gasteiger partial charge in [-0.2, -0.15) is 0 Å². The van der Waals surface area contributed by atoms with E-state index >= 15 is 0 Å². The number of non-ortho nitro benzene ring substituents is 1. The molecule has 6 nitrogen and oxygen atoms in total. The van der Waals surface area contributed by atoms with Crippen molar-refractivity contribution >= 4 is 40.5 Å². The predicted octanol–water partition coefficient (Wildman–Crippen LogP) is 5.66. The van der Waals surface area contributed by atoms with Crippen molar-refractivity contribution in [2.75, 3.05) is 5.32 Å². The zero-order valence-electron chi connectivity index (χ0n) is 14.3. The first-order valence-electron chi connectivity index (χ1n) is 8.17. The molecule has 0 fully saturated rings. The van der Waals surface area contributed by atoms with E-state index in [9.17, 15) is 14.9 Å². The minimum Gasteiger partial charge on any atom is -0.425 e. The van der Waals surface area contributed by atoms with E-state index in [2.05, 4.69) is 5.32 Å². The fourth-order valence-electron chi connectivity index (χ4n) is 2.51. The van der Waals surface area contributed by atoms with Gasteiger partial charge in [0.05, 0.1) is 20.7 Å². The molecule has 0 aliphatic rings. The van der Waals surface area contributed by atoms with Crippen molar-refractivity contribution in [1.29, 1.82) is 0 Å². The maximum absolute atomic E-state index is 12.9. The van der Waals surface area contributed by atoms with Gasteiger partial charge in [0.1, 0.15) is 5.75 Å². The van der Waals surface area contributed by atoms with Crippen LogP contribution in [0.2, 0.25) is 10.0 Å². The second-order valence-electron chi connectivity index (χ2n) is 5.76. The van der Waals surface area contributed by atoms with Crippen molar-refractivity contribution in [2.45, 2.75) is 6.04 Å². The van der Waals surface area contributed by atoms with Gasteiger partial charge in [0, 0.05) is 12.1 Å². The van der Waals surface area contributed by atoms with Crippen LogP contribution in [0.25, 0.3) is 0 Å². The highest BCUT2D eigenvalue weighted by molar-refractivity contribution is 6.39. The molecule has 0 bridgehead atoms. The molecule has 0 saturated heterocycles. The number of rotatable bonds is 6. The number of nitro groups is 1. The SMILES string of the molecule is O=C(Oc1ccc([N+](=O)[O-])cc1)C(Nc1c(Cl)cccc1Cl)c1ccccc1. The van der Waals surface area contributed by atoms with Crippen molar-refractivity contribution in [1.82, 2.24) is 0 Å². The molecule has 142 valence electrons. The van der Waals surface area contributed by atoms with Crippen molar-refractivity contribution in [2.24, 2.45) is 0 Å². The molecular formula is C20H14Cl2N2O4. The van der Waals surface area contributed by atoms with E-state index in [1.165, 1.54) is 24.3 Å². The van der Waals surface area contributed by atoms with Crippen LogP contribution in [0.5, 0.6) is 5.75 Å². The molecular weight excluding hydrogens is 403 g/mol. The van der Waals surface area contributed by atoms with Crippen LogP contribution < -0.4 is 10.1 Å². The standard InChI is InChI=1S/C20H14Cl2N2O4/c21-16-7-4-8-17(22)19(16)23-18(13-5-2-1-3-6-13)20(25)28-15-11-9-14(10-12-15)24(26)27/h1-12,18,23H. The number of hydrogen-bond donors (Lipinski definition) is 1. The largest absolute Gasteiger partial charge is 0.425 e. The number of halogens is 2. The summed E-state index contributed by atoms with van der Waals surface area (Å²) < 4.78 is 5.41. The molecule has 1 atom stereocenters. The molecule has 0 aromatic heterocycles. The van der Waals surface area contributed by atoms with Gasteiger partial charge >= 0.3 is 5.97 Å². The van der Waals surface area contributed by atoms with Gasteiger partial charge in [-0.25, -0.2) is 4.79 Å². The first-order chi connectivity index (χ1) is 13.5. The Balaban J connectivity index is 1.88. The number of nitrogens with one attached hydrogen (secondary N) is 1. The van der Waals surface area contributed by atoms with Crippen LogP contribution >= 0.6 is 23.2 Å². The fraction of sp³-hybridized carbons (Fsp3) is 0.0500. The monoisotopic (exact) mass is 416 g/mol. The van der Waals surface area contributed by atoms with E-state index in [1.807, 2.05) is 6.07 Å². The molecule has 0 aliphatic carbocycles. The van der Waals surface area contributed by atoms with Crippen molar-refractivity contribution in [3.63, 3.8) is 0 Å². The number of ether oxygens (including phenoxy) is 1. The summed E-state index contributed by atoms with van der Waals surface area (Å²) in [6.07, 6.45) is 0. The lowest BCUT2D eigenvalue weighted by Crippen LogP contribution is -2.25. The number of esters is 1. The van der Waals surface area contributed by atoms with Gasteiger partial charge in [-0.05, 0) is 29.8 Å². The van der Waals surface area contributed by atoms with Crippen LogP contribution in [0.3, 0.4) is 0 Å². The number of benzene rings is 3. The average molecular weight is 417 g/mol. The second-order valence-corrected chi connectivity index (χ2v) is 6.57. The summed E-state index contributed by atoms with van der Waals surface area (Å²) >= 11 is 12.4. The second kappa shape index (κ2) is 8.73. The first kappa shape index (κ1) is 19.7. The van der Waals surface area contributed by atoms with Gasteiger partial charge < -0.3 is 10.1 Å². The van der Waals surface area contributed by atoms with Crippen molar-refractivity contribution < 1.29 is 14.5 Å². The Bertz CT molecular complexity index is 975. The molecule has 0 aliphatic heterocycles. The number of carbonyl (C=O) groups excluding carboxylic acids is 1. The summed E-state index contributed by atoms with van der Waals surface area (Å²) in [7, 11) is 0. The number of carbonyl (C=O) groups is 1. The van der Waals surface area contributed by atoms with Crippen LogP contribution in [0, 0.1) is 10.1 Å². The highest BCUT2D eigenvalue weighted by atomic mass is 35.5. The molecule has 8 heteroatoms. The minimum absolute atomic E-state index is 0.0969. The normalized spacial score (nSPS) is 11.5. The summed E-state index contributed by atoms with van der Waals surface area (Å²) in [5, 5.41) is 14.5. The third kappa shape index (κ3) is 4.60. The van der Waals surface area contributed by atoms with Crippen molar-refractivity contribution in [3.05, 3.63) is 98.5 Å².